The van der Waals surface area contributed by atoms with E-state index in [1.54, 1.807) is 6.08 Å². The average molecular weight is 317 g/mol. The number of carbonyl (C=O) groups excluding carboxylic acids is 1. The predicted molar refractivity (Wildman–Crippen MR) is 90.0 cm³/mol. The summed E-state index contributed by atoms with van der Waals surface area (Å²) in [7, 11) is 2.16. The Morgan fingerprint density at radius 1 is 1.43 bits per heavy atom. The zero-order valence-electron chi connectivity index (χ0n) is 14.5. The minimum atomic E-state index is -0.484. The van der Waals surface area contributed by atoms with Crippen molar-refractivity contribution in [3.63, 3.8) is 0 Å². The van der Waals surface area contributed by atoms with Gasteiger partial charge in [-0.05, 0) is 50.9 Å². The summed E-state index contributed by atoms with van der Waals surface area (Å²) < 4.78 is 5.82. The molecule has 1 fully saturated rings. The van der Waals surface area contributed by atoms with Crippen LogP contribution in [0.2, 0.25) is 0 Å². The van der Waals surface area contributed by atoms with Gasteiger partial charge in [-0.1, -0.05) is 25.5 Å². The average Bonchev–Trinajstić information content (AvgIpc) is 3.29. The van der Waals surface area contributed by atoms with Crippen LogP contribution in [0.5, 0.6) is 0 Å². The first kappa shape index (κ1) is 16.3. The van der Waals surface area contributed by atoms with E-state index >= 15 is 0 Å². The van der Waals surface area contributed by atoms with E-state index in [-0.39, 0.29) is 17.0 Å². The number of rotatable bonds is 4. The van der Waals surface area contributed by atoms with E-state index in [4.69, 9.17) is 4.74 Å². The molecule has 1 spiro atoms. The van der Waals surface area contributed by atoms with Crippen molar-refractivity contribution >= 4 is 5.78 Å². The molecule has 0 amide bonds. The van der Waals surface area contributed by atoms with Gasteiger partial charge in [0.1, 0.15) is 12.0 Å². The molecule has 1 saturated carbocycles. The van der Waals surface area contributed by atoms with Crippen molar-refractivity contribution in [3.8, 4) is 0 Å². The minimum Gasteiger partial charge on any atom is -0.505 e. The number of allylic oxidation sites excluding steroid dienone is 2. The van der Waals surface area contributed by atoms with Crippen molar-refractivity contribution in [1.82, 2.24) is 4.90 Å². The second-order valence-electron chi connectivity index (χ2n) is 7.06. The normalized spacial score (nSPS) is 39.3. The Labute approximate surface area is 138 Å². The molecule has 2 bridgehead atoms. The van der Waals surface area contributed by atoms with Gasteiger partial charge in [0.2, 0.25) is 0 Å². The van der Waals surface area contributed by atoms with Crippen molar-refractivity contribution < 1.29 is 14.6 Å². The van der Waals surface area contributed by atoms with Crippen LogP contribution in [0, 0.1) is 11.3 Å². The van der Waals surface area contributed by atoms with Crippen molar-refractivity contribution in [3.05, 3.63) is 35.3 Å². The smallest absolute Gasteiger partial charge is 0.173 e. The van der Waals surface area contributed by atoms with Crippen molar-refractivity contribution in [2.24, 2.45) is 11.3 Å². The molecule has 0 saturated heterocycles. The molecule has 4 nitrogen and oxygen atoms in total. The van der Waals surface area contributed by atoms with Crippen LogP contribution in [-0.2, 0) is 9.53 Å². The van der Waals surface area contributed by atoms with Gasteiger partial charge in [-0.15, -0.1) is 0 Å². The van der Waals surface area contributed by atoms with E-state index in [9.17, 15) is 9.90 Å². The Bertz CT molecular complexity index is 604. The second-order valence-corrected chi connectivity index (χ2v) is 7.06. The summed E-state index contributed by atoms with van der Waals surface area (Å²) in [6.45, 7) is 7.18. The van der Waals surface area contributed by atoms with Crippen molar-refractivity contribution in [1.29, 1.82) is 0 Å². The lowest BCUT2D eigenvalue weighted by atomic mass is 9.75. The number of aliphatic hydroxyl groups is 1. The predicted octanol–water partition coefficient (Wildman–Crippen LogP) is 3.37. The number of hydrogen-bond donors (Lipinski definition) is 1. The van der Waals surface area contributed by atoms with Gasteiger partial charge < -0.3 is 14.7 Å². The maximum absolute atomic E-state index is 12.6. The molecule has 4 heteroatoms. The number of Topliss-reactive ketones (excluding diaryl/α,β-unsaturated/α-hetero) is 1. The second kappa shape index (κ2) is 5.82. The Morgan fingerprint density at radius 3 is 2.83 bits per heavy atom. The lowest BCUT2D eigenvalue weighted by Crippen LogP contribution is -2.43. The molecule has 3 unspecified atom stereocenters. The van der Waals surface area contributed by atoms with E-state index in [1.165, 1.54) is 17.4 Å². The van der Waals surface area contributed by atoms with E-state index in [1.807, 2.05) is 13.0 Å². The van der Waals surface area contributed by atoms with Gasteiger partial charge >= 0.3 is 0 Å². The summed E-state index contributed by atoms with van der Waals surface area (Å²) in [4.78, 5) is 15.0. The summed E-state index contributed by atoms with van der Waals surface area (Å²) in [5.41, 5.74) is 2.32. The summed E-state index contributed by atoms with van der Waals surface area (Å²) >= 11 is 0. The largest absolute Gasteiger partial charge is 0.505 e. The van der Waals surface area contributed by atoms with E-state index in [2.05, 4.69) is 25.8 Å². The van der Waals surface area contributed by atoms with E-state index < -0.39 is 6.10 Å². The topological polar surface area (TPSA) is 49.8 Å². The molecule has 2 aliphatic carbocycles. The van der Waals surface area contributed by atoms with Gasteiger partial charge in [-0.2, -0.15) is 0 Å². The van der Waals surface area contributed by atoms with Crippen molar-refractivity contribution in [2.75, 3.05) is 13.6 Å². The third-order valence-corrected chi connectivity index (χ3v) is 6.09. The van der Waals surface area contributed by atoms with Crippen LogP contribution in [0.1, 0.15) is 40.0 Å². The molecule has 23 heavy (non-hydrogen) atoms. The lowest BCUT2D eigenvalue weighted by molar-refractivity contribution is -0.130. The van der Waals surface area contributed by atoms with Crippen LogP contribution in [-0.4, -0.2) is 41.5 Å². The summed E-state index contributed by atoms with van der Waals surface area (Å²) in [5, 5.41) is 9.94. The number of aliphatic hydroxyl groups excluding tert-OH is 1. The fourth-order valence-corrected chi connectivity index (χ4v) is 4.46. The highest BCUT2D eigenvalue weighted by Gasteiger charge is 2.67. The SMILES string of the molecule is CCC(=O)[C@@H]1O/C=C(O)/C=C\C2=C(C)C13CC3C(N(C)CC)C2. The Hall–Kier alpha value is -1.55. The molecule has 3 rings (SSSR count). The fourth-order valence-electron chi connectivity index (χ4n) is 4.46. The standard InChI is InChI=1S/C19H27NO3/c1-5-17(22)18-19-10-15(19)16(20(4)6-2)9-13(12(19)3)7-8-14(21)11-23-18/h7-8,11,15-16,18,21H,5-6,9-10H2,1-4H3/b8-7-,14-11-/t15?,16?,18-,19?/m0/s1. The number of nitrogens with zero attached hydrogens (tertiary/aromatic N) is 1. The maximum Gasteiger partial charge on any atom is 0.173 e. The third-order valence-electron chi connectivity index (χ3n) is 6.09. The molecule has 4 atom stereocenters. The highest BCUT2D eigenvalue weighted by molar-refractivity contribution is 5.85. The molecular formula is C19H27NO3. The molecule has 0 radical (unpaired) electrons. The van der Waals surface area contributed by atoms with Gasteiger partial charge in [-0.25, -0.2) is 0 Å². The third kappa shape index (κ3) is 2.44. The van der Waals surface area contributed by atoms with Gasteiger partial charge in [0, 0.05) is 17.9 Å². The maximum atomic E-state index is 12.6. The highest BCUT2D eigenvalue weighted by atomic mass is 16.5. The first-order chi connectivity index (χ1) is 11.0. The van der Waals surface area contributed by atoms with Crippen LogP contribution in [0.15, 0.2) is 35.3 Å². The summed E-state index contributed by atoms with van der Waals surface area (Å²) in [5.74, 6) is 0.649. The summed E-state index contributed by atoms with van der Waals surface area (Å²) in [6, 6.07) is 0.430. The van der Waals surface area contributed by atoms with Crippen molar-refractivity contribution in [2.45, 2.75) is 52.2 Å². The molecule has 1 heterocycles. The Morgan fingerprint density at radius 2 is 2.17 bits per heavy atom. The van der Waals surface area contributed by atoms with Gasteiger partial charge in [0.05, 0.1) is 0 Å². The van der Waals surface area contributed by atoms with Crippen LogP contribution in [0.3, 0.4) is 0 Å². The highest BCUT2D eigenvalue weighted by Crippen LogP contribution is 2.67. The molecule has 0 aromatic heterocycles. The molecule has 3 aliphatic rings. The Balaban J connectivity index is 2.09. The van der Waals surface area contributed by atoms with Gasteiger partial charge in [-0.3, -0.25) is 4.79 Å². The molecule has 1 aliphatic heterocycles. The molecular weight excluding hydrogens is 290 g/mol. The number of ketones is 1. The monoisotopic (exact) mass is 317 g/mol. The molecule has 0 aromatic rings. The molecule has 1 N–H and O–H groups in total. The van der Waals surface area contributed by atoms with Crippen LogP contribution < -0.4 is 0 Å². The minimum absolute atomic E-state index is 0.0701. The first-order valence-electron chi connectivity index (χ1n) is 8.61. The van der Waals surface area contributed by atoms with E-state index in [0.29, 0.717) is 18.4 Å². The van der Waals surface area contributed by atoms with Gasteiger partial charge in [0.25, 0.3) is 0 Å². The van der Waals surface area contributed by atoms with Gasteiger partial charge in [0.15, 0.2) is 11.9 Å². The zero-order chi connectivity index (χ0) is 16.8. The fraction of sp³-hybridized carbons (Fsp3) is 0.632. The van der Waals surface area contributed by atoms with Crippen LogP contribution in [0.4, 0.5) is 0 Å². The molecule has 126 valence electrons. The number of hydrogen-bond acceptors (Lipinski definition) is 4. The van der Waals surface area contributed by atoms with Crippen LogP contribution in [0.25, 0.3) is 0 Å². The van der Waals surface area contributed by atoms with E-state index in [0.717, 1.165) is 19.4 Å². The summed E-state index contributed by atoms with van der Waals surface area (Å²) in [6.07, 6.45) is 6.95. The number of ether oxygens (including phenoxy) is 1. The van der Waals surface area contributed by atoms with Crippen LogP contribution >= 0.6 is 0 Å². The first-order valence-corrected chi connectivity index (χ1v) is 8.61. The quantitative estimate of drug-likeness (QED) is 0.864. The lowest BCUT2D eigenvalue weighted by Gasteiger charge is -2.38. The zero-order valence-corrected chi connectivity index (χ0v) is 14.5. The number of carbonyl (C=O) groups is 1. The molecule has 0 aromatic carbocycles. The Kier molecular flexibility index (Phi) is 4.13.